The summed E-state index contributed by atoms with van der Waals surface area (Å²) in [5.41, 5.74) is 2.31. The summed E-state index contributed by atoms with van der Waals surface area (Å²) in [6.45, 7) is 1.45. The molecule has 142 valence electrons. The van der Waals surface area contributed by atoms with Gasteiger partial charge in [-0.25, -0.2) is 9.18 Å². The normalized spacial score (nSPS) is 11.5. The lowest BCUT2D eigenvalue weighted by Crippen LogP contribution is -2.30. The lowest BCUT2D eigenvalue weighted by molar-refractivity contribution is -0.123. The highest BCUT2D eigenvalue weighted by Crippen LogP contribution is 2.17. The highest BCUT2D eigenvalue weighted by Gasteiger charge is 2.21. The zero-order chi connectivity index (χ0) is 19.9. The van der Waals surface area contributed by atoms with Crippen molar-refractivity contribution < 1.29 is 18.7 Å². The molecule has 0 bridgehead atoms. The van der Waals surface area contributed by atoms with Gasteiger partial charge in [-0.2, -0.15) is 0 Å². The second-order valence-electron chi connectivity index (χ2n) is 6.34. The summed E-state index contributed by atoms with van der Waals surface area (Å²) in [7, 11) is 0. The molecule has 28 heavy (non-hydrogen) atoms. The molecule has 0 aliphatic rings. The highest BCUT2D eigenvalue weighted by molar-refractivity contribution is 5.97. The molecule has 0 heterocycles. The van der Waals surface area contributed by atoms with Gasteiger partial charge in [0.05, 0.1) is 11.3 Å². The van der Waals surface area contributed by atoms with Gasteiger partial charge in [0.1, 0.15) is 5.82 Å². The molecule has 3 rings (SSSR count). The minimum absolute atomic E-state index is 0.0416. The average Bonchev–Trinajstić information content (AvgIpc) is 2.70. The summed E-state index contributed by atoms with van der Waals surface area (Å²) in [4.78, 5) is 24.9. The number of halogens is 1. The molecule has 0 radical (unpaired) electrons. The second kappa shape index (κ2) is 8.95. The zero-order valence-corrected chi connectivity index (χ0v) is 15.4. The van der Waals surface area contributed by atoms with Crippen molar-refractivity contribution >= 4 is 17.6 Å². The van der Waals surface area contributed by atoms with Gasteiger partial charge < -0.3 is 10.1 Å². The molecule has 1 atom stereocenters. The Hall–Kier alpha value is -3.47. The van der Waals surface area contributed by atoms with Crippen LogP contribution in [0, 0.1) is 5.82 Å². The first-order chi connectivity index (χ1) is 13.5. The van der Waals surface area contributed by atoms with Gasteiger partial charge in [-0.3, -0.25) is 4.79 Å². The smallest absolute Gasteiger partial charge is 0.339 e. The quantitative estimate of drug-likeness (QED) is 0.639. The number of ether oxygens (including phenoxy) is 1. The number of nitrogens with one attached hydrogen (secondary N) is 1. The van der Waals surface area contributed by atoms with Gasteiger partial charge in [-0.05, 0) is 42.7 Å². The summed E-state index contributed by atoms with van der Waals surface area (Å²) in [5, 5.41) is 2.43. The van der Waals surface area contributed by atoms with Crippen molar-refractivity contribution in [2.75, 3.05) is 5.32 Å². The summed E-state index contributed by atoms with van der Waals surface area (Å²) in [6, 6.07) is 22.7. The number of amides is 1. The minimum Gasteiger partial charge on any atom is -0.449 e. The maximum Gasteiger partial charge on any atom is 0.339 e. The fraction of sp³-hybridized carbons (Fsp3) is 0.130. The van der Waals surface area contributed by atoms with Gasteiger partial charge >= 0.3 is 5.97 Å². The molecule has 0 aliphatic carbocycles. The van der Waals surface area contributed by atoms with Gasteiger partial charge in [-0.15, -0.1) is 0 Å². The third kappa shape index (κ3) is 4.82. The molecule has 0 fully saturated rings. The summed E-state index contributed by atoms with van der Waals surface area (Å²) in [6.07, 6.45) is -0.501. The summed E-state index contributed by atoms with van der Waals surface area (Å²) >= 11 is 0. The average molecular weight is 377 g/mol. The molecule has 0 aliphatic heterocycles. The summed E-state index contributed by atoms with van der Waals surface area (Å²) in [5.74, 6) is -1.75. The van der Waals surface area contributed by atoms with Crippen LogP contribution in [-0.2, 0) is 16.0 Å². The first kappa shape index (κ1) is 19.3. The van der Waals surface area contributed by atoms with Crippen molar-refractivity contribution in [2.24, 2.45) is 0 Å². The van der Waals surface area contributed by atoms with E-state index in [0.717, 1.165) is 11.1 Å². The Morgan fingerprint density at radius 2 is 1.57 bits per heavy atom. The van der Waals surface area contributed by atoms with Crippen molar-refractivity contribution in [1.82, 2.24) is 0 Å². The van der Waals surface area contributed by atoms with Crippen molar-refractivity contribution in [3.05, 3.63) is 101 Å². The number of carbonyl (C=O) groups is 2. The van der Waals surface area contributed by atoms with Crippen molar-refractivity contribution in [2.45, 2.75) is 19.4 Å². The van der Waals surface area contributed by atoms with E-state index in [0.29, 0.717) is 12.0 Å². The molecule has 1 N–H and O–H groups in total. The third-order valence-corrected chi connectivity index (χ3v) is 4.26. The van der Waals surface area contributed by atoms with E-state index in [1.165, 1.54) is 25.1 Å². The lowest BCUT2D eigenvalue weighted by atomic mass is 10.00. The lowest BCUT2D eigenvalue weighted by Gasteiger charge is -2.15. The number of rotatable bonds is 6. The van der Waals surface area contributed by atoms with Crippen LogP contribution in [0.3, 0.4) is 0 Å². The van der Waals surface area contributed by atoms with Gasteiger partial charge in [0.15, 0.2) is 6.10 Å². The van der Waals surface area contributed by atoms with Crippen LogP contribution in [-0.4, -0.2) is 18.0 Å². The van der Waals surface area contributed by atoms with Gasteiger partial charge in [0, 0.05) is 0 Å². The van der Waals surface area contributed by atoms with E-state index in [1.807, 2.05) is 42.5 Å². The molecule has 1 amide bonds. The van der Waals surface area contributed by atoms with Crippen LogP contribution in [0.4, 0.5) is 10.1 Å². The number of para-hydroxylation sites is 1. The number of hydrogen-bond donors (Lipinski definition) is 1. The SMILES string of the molecule is C[C@@H](OC(=O)c1ccccc1Cc1ccccc1)C(=O)Nc1ccccc1F. The predicted molar refractivity (Wildman–Crippen MR) is 106 cm³/mol. The Labute approximate surface area is 163 Å². The Balaban J connectivity index is 1.69. The summed E-state index contributed by atoms with van der Waals surface area (Å²) < 4.78 is 19.0. The molecule has 4 nitrogen and oxygen atoms in total. The number of anilines is 1. The number of benzene rings is 3. The first-order valence-electron chi connectivity index (χ1n) is 8.93. The van der Waals surface area contributed by atoms with Crippen LogP contribution in [0.25, 0.3) is 0 Å². The monoisotopic (exact) mass is 377 g/mol. The number of carbonyl (C=O) groups excluding carboxylic acids is 2. The Morgan fingerprint density at radius 1 is 0.929 bits per heavy atom. The molecule has 0 aromatic heterocycles. The molecule has 0 spiro atoms. The van der Waals surface area contributed by atoms with Crippen LogP contribution in [0.1, 0.15) is 28.4 Å². The number of hydrogen-bond acceptors (Lipinski definition) is 3. The molecule has 5 heteroatoms. The van der Waals surface area contributed by atoms with Crippen LogP contribution in [0.5, 0.6) is 0 Å². The van der Waals surface area contributed by atoms with Crippen molar-refractivity contribution in [1.29, 1.82) is 0 Å². The van der Waals surface area contributed by atoms with Gasteiger partial charge in [0.2, 0.25) is 0 Å². The molecular weight excluding hydrogens is 357 g/mol. The molecule has 0 unspecified atom stereocenters. The fourth-order valence-corrected chi connectivity index (χ4v) is 2.76. The predicted octanol–water partition coefficient (Wildman–Crippen LogP) is 4.60. The number of esters is 1. The molecule has 3 aromatic rings. The Bertz CT molecular complexity index is 972. The largest absolute Gasteiger partial charge is 0.449 e. The zero-order valence-electron chi connectivity index (χ0n) is 15.4. The topological polar surface area (TPSA) is 55.4 Å². The van der Waals surface area contributed by atoms with E-state index in [9.17, 15) is 14.0 Å². The van der Waals surface area contributed by atoms with Crippen LogP contribution in [0.2, 0.25) is 0 Å². The van der Waals surface area contributed by atoms with E-state index in [1.54, 1.807) is 18.2 Å². The Kier molecular flexibility index (Phi) is 6.17. The van der Waals surface area contributed by atoms with E-state index in [2.05, 4.69) is 5.32 Å². The van der Waals surface area contributed by atoms with Crippen molar-refractivity contribution in [3.8, 4) is 0 Å². The highest BCUT2D eigenvalue weighted by atomic mass is 19.1. The Morgan fingerprint density at radius 3 is 2.32 bits per heavy atom. The van der Waals surface area contributed by atoms with E-state index < -0.39 is 23.8 Å². The van der Waals surface area contributed by atoms with E-state index in [-0.39, 0.29) is 5.69 Å². The molecule has 0 saturated heterocycles. The van der Waals surface area contributed by atoms with Crippen LogP contribution < -0.4 is 5.32 Å². The maximum absolute atomic E-state index is 13.7. The van der Waals surface area contributed by atoms with Crippen molar-refractivity contribution in [3.63, 3.8) is 0 Å². The van der Waals surface area contributed by atoms with Gasteiger partial charge in [-0.1, -0.05) is 60.7 Å². The maximum atomic E-state index is 13.7. The standard InChI is InChI=1S/C23H20FNO3/c1-16(22(26)25-21-14-8-7-13-20(21)24)28-23(27)19-12-6-5-11-18(19)15-17-9-3-2-4-10-17/h2-14,16H,15H2,1H3,(H,25,26)/t16-/m1/s1. The second-order valence-corrected chi connectivity index (χ2v) is 6.34. The van der Waals surface area contributed by atoms with E-state index >= 15 is 0 Å². The van der Waals surface area contributed by atoms with Gasteiger partial charge in [0.25, 0.3) is 5.91 Å². The third-order valence-electron chi connectivity index (χ3n) is 4.26. The first-order valence-corrected chi connectivity index (χ1v) is 8.93. The van der Waals surface area contributed by atoms with Crippen LogP contribution in [0.15, 0.2) is 78.9 Å². The van der Waals surface area contributed by atoms with Crippen LogP contribution >= 0.6 is 0 Å². The fourth-order valence-electron chi connectivity index (χ4n) is 2.76. The van der Waals surface area contributed by atoms with E-state index in [4.69, 9.17) is 4.74 Å². The minimum atomic E-state index is -1.07. The molecule has 0 saturated carbocycles. The molecular formula is C23H20FNO3. The molecule has 3 aromatic carbocycles.